The Hall–Kier alpha value is -8.83. The van der Waals surface area contributed by atoms with Gasteiger partial charge < -0.3 is 44.5 Å². The Kier molecular flexibility index (Phi) is 27.4. The van der Waals surface area contributed by atoms with Crippen molar-refractivity contribution < 1.29 is 91.3 Å². The van der Waals surface area contributed by atoms with Gasteiger partial charge in [-0.05, 0) is 163 Å². The molecule has 2 fully saturated rings. The van der Waals surface area contributed by atoms with Gasteiger partial charge in [0.15, 0.2) is 0 Å². The van der Waals surface area contributed by atoms with Gasteiger partial charge in [-0.15, -0.1) is 26.3 Å². The van der Waals surface area contributed by atoms with Crippen molar-refractivity contribution in [3.8, 4) is 17.2 Å². The highest BCUT2D eigenvalue weighted by Gasteiger charge is 2.49. The van der Waals surface area contributed by atoms with E-state index in [0.717, 1.165) is 59.3 Å². The Labute approximate surface area is 573 Å². The van der Waals surface area contributed by atoms with Crippen molar-refractivity contribution in [1.82, 2.24) is 29.0 Å². The number of ether oxygens (including phenoxy) is 4. The zero-order valence-corrected chi connectivity index (χ0v) is 57.5. The molecule has 5 aromatic rings. The number of aryl methyl sites for hydroxylation is 3. The first-order chi connectivity index (χ1) is 46.4. The lowest BCUT2D eigenvalue weighted by Crippen LogP contribution is -2.50. The number of nitrogens with one attached hydrogen (secondary N) is 2. The molecular weight excluding hydrogens is 1370 g/mol. The predicted octanol–water partition coefficient (Wildman–Crippen LogP) is 9.78. The summed E-state index contributed by atoms with van der Waals surface area (Å²) in [4.78, 5) is 72.1. The van der Waals surface area contributed by atoms with Crippen molar-refractivity contribution in [3.63, 3.8) is 0 Å². The minimum absolute atomic E-state index is 0.0206. The van der Waals surface area contributed by atoms with Crippen molar-refractivity contribution >= 4 is 90.2 Å². The number of amides is 3. The summed E-state index contributed by atoms with van der Waals surface area (Å²) in [6.07, 6.45) is -5.78. The van der Waals surface area contributed by atoms with Gasteiger partial charge in [0.2, 0.25) is 20.0 Å². The number of hydrogen-bond acceptors (Lipinski definition) is 19. The molecule has 3 amide bonds. The maximum absolute atomic E-state index is 13.1. The van der Waals surface area contributed by atoms with Crippen molar-refractivity contribution in [2.24, 2.45) is 9.98 Å². The Morgan fingerprint density at radius 3 is 1.48 bits per heavy atom. The third-order valence-electron chi connectivity index (χ3n) is 15.5. The summed E-state index contributed by atoms with van der Waals surface area (Å²) < 4.78 is 148. The van der Waals surface area contributed by atoms with Crippen LogP contribution in [-0.2, 0) is 40.8 Å². The van der Waals surface area contributed by atoms with E-state index in [0.29, 0.717) is 17.8 Å². The number of nitro groups is 1. The number of nitro benzene ring substituents is 1. The van der Waals surface area contributed by atoms with E-state index in [1.807, 2.05) is 63.1 Å². The van der Waals surface area contributed by atoms with Gasteiger partial charge in [0.1, 0.15) is 46.6 Å². The molecule has 0 saturated carbocycles. The molecule has 0 aliphatic carbocycles. The van der Waals surface area contributed by atoms with Crippen LogP contribution in [-0.4, -0.2) is 192 Å². The van der Waals surface area contributed by atoms with Crippen molar-refractivity contribution in [2.75, 3.05) is 92.6 Å². The Bertz CT molecular complexity index is 4070. The van der Waals surface area contributed by atoms with E-state index >= 15 is 0 Å². The van der Waals surface area contributed by atoms with E-state index in [2.05, 4.69) is 41.8 Å². The number of aliphatic hydroxyl groups is 1. The van der Waals surface area contributed by atoms with Gasteiger partial charge in [0, 0.05) is 97.7 Å². The van der Waals surface area contributed by atoms with E-state index in [-0.39, 0.29) is 99.3 Å². The van der Waals surface area contributed by atoms with Crippen LogP contribution in [0.3, 0.4) is 0 Å². The molecule has 25 nitrogen and oxygen atoms in total. The summed E-state index contributed by atoms with van der Waals surface area (Å²) in [5, 5.41) is 25.9. The second-order valence-corrected chi connectivity index (χ2v) is 27.2. The lowest BCUT2D eigenvalue weighted by atomic mass is 9.89. The third-order valence-corrected chi connectivity index (χ3v) is 18.7. The number of aliphatic imine (C=N–C) groups is 2. The zero-order valence-electron chi connectivity index (χ0n) is 55.1. The lowest BCUT2D eigenvalue weighted by molar-refractivity contribution is -0.384. The van der Waals surface area contributed by atoms with E-state index in [1.165, 1.54) is 79.1 Å². The average molecular weight is 1450 g/mol. The van der Waals surface area contributed by atoms with Crippen LogP contribution in [0.2, 0.25) is 0 Å². The number of anilines is 1. The average Bonchev–Trinajstić information content (AvgIpc) is 1.67. The van der Waals surface area contributed by atoms with Crippen LogP contribution < -0.4 is 29.7 Å². The fourth-order valence-corrected chi connectivity index (χ4v) is 12.5. The molecule has 4 aliphatic heterocycles. The van der Waals surface area contributed by atoms with E-state index < -0.39 is 83.6 Å². The summed E-state index contributed by atoms with van der Waals surface area (Å²) in [6.45, 7) is 7.85. The molecule has 0 radical (unpaired) electrons. The maximum atomic E-state index is 13.1. The molecule has 2 saturated heterocycles. The molecule has 9 rings (SSSR count). The van der Waals surface area contributed by atoms with Gasteiger partial charge in [-0.25, -0.2) is 26.4 Å². The Morgan fingerprint density at radius 2 is 1.11 bits per heavy atom. The Balaban J connectivity index is 0.000000249. The number of aliphatic hydroxyl groups excluding tert-OH is 1. The summed E-state index contributed by atoms with van der Waals surface area (Å²) in [6, 6.07) is 26.3. The summed E-state index contributed by atoms with van der Waals surface area (Å²) in [5.41, 5.74) is 2.00. The van der Waals surface area contributed by atoms with Crippen LogP contribution in [0.4, 0.5) is 47.3 Å². The predicted molar refractivity (Wildman–Crippen MR) is 359 cm³/mol. The van der Waals surface area contributed by atoms with Crippen molar-refractivity contribution in [3.05, 3.63) is 169 Å². The van der Waals surface area contributed by atoms with Crippen LogP contribution in [0.15, 0.2) is 130 Å². The van der Waals surface area contributed by atoms with Gasteiger partial charge in [0.25, 0.3) is 17.5 Å². The molecule has 0 atom stereocenters. The first kappa shape index (κ1) is 79.2. The number of nitrogens with zero attached hydrogens (tertiary/aromatic N) is 8. The fraction of sp³-hybridized carbons (Fsp3) is 0.385. The van der Waals surface area contributed by atoms with E-state index in [9.17, 15) is 72.5 Å². The number of hydrogen-bond donors (Lipinski definition) is 3. The first-order valence-electron chi connectivity index (χ1n) is 30.4. The molecule has 0 bridgehead atoms. The molecular formula is C65H75ClF6N10O15S2. The molecule has 4 aliphatic rings. The number of non-ortho nitro benzene ring substituents is 1. The van der Waals surface area contributed by atoms with Crippen LogP contribution in [0.25, 0.3) is 12.2 Å². The van der Waals surface area contributed by atoms with Crippen LogP contribution in [0, 0.1) is 24.0 Å². The molecule has 34 heteroatoms. The van der Waals surface area contributed by atoms with Gasteiger partial charge in [-0.1, -0.05) is 55.5 Å². The number of piperidine rings is 2. The largest absolute Gasteiger partial charge is 0.573 e. The van der Waals surface area contributed by atoms with E-state index in [1.54, 1.807) is 38.2 Å². The smallest absolute Gasteiger partial charge is 0.448 e. The van der Waals surface area contributed by atoms with Gasteiger partial charge in [0.05, 0.1) is 11.5 Å². The SMILES string of the molecule is CCc1ccc(/C=C/S(=O)(=O)N2CCC3(CC2)N=C(c2cccc(OC(F)(F)F)c2)NC3=O)c(C)c1.CN(C)CCO.Cc1cc(N(C)C(=O)OCCN(C)C)ccc1/C=C/S(=O)(=O)N1CCC2(CC1)N=C(c1cccc(OC(F)(F)F)c1)NC2=O.O=C(Cl)Oc1ccc([N+](=O)[O-])cc1. The number of carbonyl (C=O) groups is 4. The number of halogens is 7. The molecule has 0 aromatic heterocycles. The molecule has 99 heavy (non-hydrogen) atoms. The molecule has 5 aromatic carbocycles. The van der Waals surface area contributed by atoms with E-state index in [4.69, 9.17) is 21.4 Å². The topological polar surface area (TPSA) is 302 Å². The second-order valence-electron chi connectivity index (χ2n) is 23.2. The molecule has 2 spiro atoms. The molecule has 4 heterocycles. The number of rotatable bonds is 19. The van der Waals surface area contributed by atoms with Crippen LogP contribution in [0.1, 0.15) is 71.6 Å². The Morgan fingerprint density at radius 1 is 0.667 bits per heavy atom. The number of benzene rings is 5. The van der Waals surface area contributed by atoms with Crippen molar-refractivity contribution in [1.29, 1.82) is 0 Å². The quantitative estimate of drug-likeness (QED) is 0.0300. The van der Waals surface area contributed by atoms with Gasteiger partial charge in [-0.2, -0.15) is 8.61 Å². The zero-order chi connectivity index (χ0) is 73.3. The molecule has 536 valence electrons. The van der Waals surface area contributed by atoms with Crippen LogP contribution in [0.5, 0.6) is 17.2 Å². The number of likely N-dealkylation sites (N-methyl/N-ethyl adjacent to an activating group) is 2. The summed E-state index contributed by atoms with van der Waals surface area (Å²) >= 11 is 4.92. The highest BCUT2D eigenvalue weighted by Crippen LogP contribution is 2.36. The fourth-order valence-electron chi connectivity index (χ4n) is 10.0. The molecule has 0 unspecified atom stereocenters. The molecule has 3 N–H and O–H groups in total. The number of carbonyl (C=O) groups excluding carboxylic acids is 4. The maximum Gasteiger partial charge on any atom is 0.573 e. The number of amidine groups is 2. The normalized spacial score (nSPS) is 16.2. The summed E-state index contributed by atoms with van der Waals surface area (Å²) in [5.74, 6) is -1.31. The monoisotopic (exact) mass is 1450 g/mol. The minimum atomic E-state index is -4.87. The lowest BCUT2D eigenvalue weighted by Gasteiger charge is -2.34. The standard InChI is InChI=1S/C29H34F3N5O6S.C25H26F3N3O4S.C7H4ClNO4.C4H11NO/c1-20-18-23(36(4)27(39)42-16-15-35(2)3)9-8-21(20)10-17-44(40,41)37-13-11-28(12-14-37)26(38)33-25(34-28)22-6-5-7-24(19-22)43-29(30,31)32;1-3-18-7-8-19(17(2)15-18)9-14-36(33,34)31-12-10-24(11-13-31)23(32)29-22(30-24)20-5-4-6-21(16-20)35-25(26,27)28;8-7(10)13-6-3-1-5(2-4-6)9(11)12;1-5(2)3-4-6/h5-10,17-19H,11-16H2,1-4H3,(H,33,34,38);4-9,14-16H,3,10-13H2,1-2H3,(H,29,30,32);1-4H;6H,3-4H2,1-2H3/b17-10+;14-9+;;. The van der Waals surface area contributed by atoms with Gasteiger partial charge >= 0.3 is 24.2 Å². The first-order valence-corrected chi connectivity index (χ1v) is 33.8. The number of alkyl halides is 6. The van der Waals surface area contributed by atoms with Gasteiger partial charge in [-0.3, -0.25) is 34.6 Å². The highest BCUT2D eigenvalue weighted by molar-refractivity contribution is 7.92. The second kappa shape index (κ2) is 34.3. The minimum Gasteiger partial charge on any atom is -0.448 e. The third kappa shape index (κ3) is 23.4. The highest BCUT2D eigenvalue weighted by atomic mass is 35.5. The van der Waals surface area contributed by atoms with Crippen LogP contribution >= 0.6 is 11.6 Å². The van der Waals surface area contributed by atoms with Crippen molar-refractivity contribution in [2.45, 2.75) is 76.7 Å². The number of sulfonamides is 2. The summed E-state index contributed by atoms with van der Waals surface area (Å²) in [7, 11) is 1.63.